The predicted molar refractivity (Wildman–Crippen MR) is 184 cm³/mol. The molecule has 4 aromatic carbocycles. The largest absolute Gasteiger partial charge is 0.497 e. The van der Waals surface area contributed by atoms with Crippen molar-refractivity contribution in [1.82, 2.24) is 10.2 Å². The van der Waals surface area contributed by atoms with Crippen molar-refractivity contribution in [3.63, 3.8) is 0 Å². The Morgan fingerprint density at radius 1 is 0.830 bits per heavy atom. The fraction of sp³-hybridized carbons (Fsp3) is 0.297. The minimum absolute atomic E-state index is 0.00654. The van der Waals surface area contributed by atoms with Crippen molar-refractivity contribution in [3.05, 3.63) is 120 Å². The second-order valence-corrected chi connectivity index (χ2v) is 13.4. The third kappa shape index (κ3) is 9.36. The first kappa shape index (κ1) is 35.0. The molecule has 0 aliphatic carbocycles. The number of methoxy groups -OCH3 is 1. The van der Waals surface area contributed by atoms with Crippen LogP contribution in [0, 0.1) is 6.92 Å². The Morgan fingerprint density at radius 3 is 2.11 bits per heavy atom. The summed E-state index contributed by atoms with van der Waals surface area (Å²) in [5.74, 6) is 0.258. The lowest BCUT2D eigenvalue weighted by molar-refractivity contribution is -0.140. The number of hydrogen-bond acceptors (Lipinski definition) is 6. The van der Waals surface area contributed by atoms with E-state index in [4.69, 9.17) is 9.47 Å². The van der Waals surface area contributed by atoms with Crippen LogP contribution in [-0.4, -0.2) is 57.5 Å². The maximum absolute atomic E-state index is 14.6. The van der Waals surface area contributed by atoms with Crippen molar-refractivity contribution in [2.45, 2.75) is 57.6 Å². The van der Waals surface area contributed by atoms with E-state index < -0.39 is 28.5 Å². The molecule has 4 rings (SSSR count). The Morgan fingerprint density at radius 2 is 1.49 bits per heavy atom. The molecule has 0 heterocycles. The zero-order valence-corrected chi connectivity index (χ0v) is 28.4. The van der Waals surface area contributed by atoms with E-state index in [9.17, 15) is 18.0 Å². The number of sulfonamides is 1. The van der Waals surface area contributed by atoms with E-state index in [0.29, 0.717) is 23.8 Å². The average Bonchev–Trinajstić information content (AvgIpc) is 3.06. The SMILES string of the molecule is CCOc1ccc(S(=O)(=O)N(CC(=O)N(Cc2cccc(OC)c2)C(Cc2ccccc2)C(=O)NC(C)C)c2ccc(C)cc2)cc1. The molecule has 0 fully saturated rings. The molecule has 0 aliphatic rings. The molecule has 0 bridgehead atoms. The minimum Gasteiger partial charge on any atom is -0.497 e. The Hall–Kier alpha value is -4.83. The topological polar surface area (TPSA) is 105 Å². The summed E-state index contributed by atoms with van der Waals surface area (Å²) in [5, 5.41) is 2.97. The number of benzene rings is 4. The first-order valence-electron chi connectivity index (χ1n) is 15.6. The highest BCUT2D eigenvalue weighted by molar-refractivity contribution is 7.92. The molecule has 1 N–H and O–H groups in total. The Balaban J connectivity index is 1.80. The van der Waals surface area contributed by atoms with Crippen LogP contribution in [0.2, 0.25) is 0 Å². The number of carbonyl (C=O) groups excluding carboxylic acids is 2. The molecule has 0 spiro atoms. The highest BCUT2D eigenvalue weighted by Crippen LogP contribution is 2.27. The highest BCUT2D eigenvalue weighted by atomic mass is 32.2. The van der Waals surface area contributed by atoms with E-state index >= 15 is 0 Å². The van der Waals surface area contributed by atoms with Crippen molar-refractivity contribution in [2.75, 3.05) is 24.6 Å². The van der Waals surface area contributed by atoms with Crippen LogP contribution in [0.25, 0.3) is 0 Å². The maximum Gasteiger partial charge on any atom is 0.264 e. The van der Waals surface area contributed by atoms with Crippen molar-refractivity contribution in [1.29, 1.82) is 0 Å². The fourth-order valence-electron chi connectivity index (χ4n) is 5.14. The van der Waals surface area contributed by atoms with Gasteiger partial charge in [0.15, 0.2) is 0 Å². The number of ether oxygens (including phenoxy) is 2. The van der Waals surface area contributed by atoms with Gasteiger partial charge < -0.3 is 19.7 Å². The van der Waals surface area contributed by atoms with Crippen molar-refractivity contribution < 1.29 is 27.5 Å². The van der Waals surface area contributed by atoms with E-state index in [-0.39, 0.29) is 29.8 Å². The molecular formula is C37H43N3O6S. The van der Waals surface area contributed by atoms with Gasteiger partial charge in [-0.05, 0) is 87.4 Å². The van der Waals surface area contributed by atoms with Crippen LogP contribution in [-0.2, 0) is 32.6 Å². The number of hydrogen-bond donors (Lipinski definition) is 1. The van der Waals surface area contributed by atoms with E-state index in [2.05, 4.69) is 5.32 Å². The summed E-state index contributed by atoms with van der Waals surface area (Å²) < 4.78 is 40.5. The van der Waals surface area contributed by atoms with Gasteiger partial charge in [0.25, 0.3) is 10.0 Å². The van der Waals surface area contributed by atoms with Crippen LogP contribution in [0.4, 0.5) is 5.69 Å². The summed E-state index contributed by atoms with van der Waals surface area (Å²) in [5.41, 5.74) is 2.85. The van der Waals surface area contributed by atoms with Gasteiger partial charge in [-0.15, -0.1) is 0 Å². The van der Waals surface area contributed by atoms with Crippen LogP contribution in [0.3, 0.4) is 0 Å². The minimum atomic E-state index is -4.22. The van der Waals surface area contributed by atoms with Gasteiger partial charge in [0.05, 0.1) is 24.3 Å². The number of nitrogens with one attached hydrogen (secondary N) is 1. The van der Waals surface area contributed by atoms with E-state index in [0.717, 1.165) is 21.0 Å². The molecule has 0 aliphatic heterocycles. The zero-order chi connectivity index (χ0) is 34.0. The van der Waals surface area contributed by atoms with Gasteiger partial charge in [-0.2, -0.15) is 0 Å². The quantitative estimate of drug-likeness (QED) is 0.174. The lowest BCUT2D eigenvalue weighted by atomic mass is 10.0. The summed E-state index contributed by atoms with van der Waals surface area (Å²) >= 11 is 0. The van der Waals surface area contributed by atoms with E-state index in [1.165, 1.54) is 17.0 Å². The van der Waals surface area contributed by atoms with Gasteiger partial charge in [0.1, 0.15) is 24.1 Å². The molecule has 4 aromatic rings. The molecule has 9 nitrogen and oxygen atoms in total. The number of nitrogens with zero attached hydrogens (tertiary/aromatic N) is 2. The molecular weight excluding hydrogens is 614 g/mol. The number of carbonyl (C=O) groups is 2. The lowest BCUT2D eigenvalue weighted by Crippen LogP contribution is -2.54. The van der Waals surface area contributed by atoms with Crippen LogP contribution in [0.5, 0.6) is 11.5 Å². The Bertz CT molecular complexity index is 1730. The summed E-state index contributed by atoms with van der Waals surface area (Å²) in [6, 6.07) is 28.6. The average molecular weight is 658 g/mol. The van der Waals surface area contributed by atoms with Gasteiger partial charge in [-0.3, -0.25) is 13.9 Å². The van der Waals surface area contributed by atoms with Gasteiger partial charge >= 0.3 is 0 Å². The number of aryl methyl sites for hydroxylation is 1. The van der Waals surface area contributed by atoms with Crippen molar-refractivity contribution in [3.8, 4) is 11.5 Å². The number of amides is 2. The van der Waals surface area contributed by atoms with Crippen LogP contribution >= 0.6 is 0 Å². The number of rotatable bonds is 15. The summed E-state index contributed by atoms with van der Waals surface area (Å²) in [6.07, 6.45) is 0.227. The Labute approximate surface area is 278 Å². The normalized spacial score (nSPS) is 11.9. The molecule has 0 saturated heterocycles. The number of anilines is 1. The van der Waals surface area contributed by atoms with Crippen molar-refractivity contribution in [2.24, 2.45) is 0 Å². The second kappa shape index (κ2) is 16.1. The van der Waals surface area contributed by atoms with Gasteiger partial charge in [0, 0.05) is 19.0 Å². The van der Waals surface area contributed by atoms with Crippen LogP contribution in [0.1, 0.15) is 37.5 Å². The zero-order valence-electron chi connectivity index (χ0n) is 27.6. The molecule has 1 unspecified atom stereocenters. The summed E-state index contributed by atoms with van der Waals surface area (Å²) in [6.45, 7) is 7.40. The lowest BCUT2D eigenvalue weighted by Gasteiger charge is -2.34. The summed E-state index contributed by atoms with van der Waals surface area (Å²) in [7, 11) is -2.67. The first-order chi connectivity index (χ1) is 22.5. The molecule has 10 heteroatoms. The monoisotopic (exact) mass is 657 g/mol. The molecule has 2 amide bonds. The third-order valence-corrected chi connectivity index (χ3v) is 9.30. The molecule has 0 aromatic heterocycles. The third-order valence-electron chi connectivity index (χ3n) is 7.51. The maximum atomic E-state index is 14.6. The Kier molecular flexibility index (Phi) is 12.0. The molecule has 0 saturated carbocycles. The van der Waals surface area contributed by atoms with E-state index in [1.807, 2.05) is 70.2 Å². The first-order valence-corrected chi connectivity index (χ1v) is 17.0. The van der Waals surface area contributed by atoms with Crippen molar-refractivity contribution >= 4 is 27.5 Å². The second-order valence-electron chi connectivity index (χ2n) is 11.5. The smallest absolute Gasteiger partial charge is 0.264 e. The molecule has 47 heavy (non-hydrogen) atoms. The van der Waals surface area contributed by atoms with Gasteiger partial charge in [-0.25, -0.2) is 8.42 Å². The molecule has 1 atom stereocenters. The standard InChI is InChI=1S/C37H43N3O6S/c1-6-46-32-19-21-34(22-20-32)47(43,44)40(31-17-15-28(4)16-18-31)26-36(41)39(25-30-13-10-14-33(23-30)45-5)35(37(42)38-27(2)3)24-29-11-8-7-9-12-29/h7-23,27,35H,6,24-26H2,1-5H3,(H,38,42). The van der Waals surface area contributed by atoms with Crippen LogP contribution < -0.4 is 19.1 Å². The van der Waals surface area contributed by atoms with Gasteiger partial charge in [0.2, 0.25) is 11.8 Å². The molecule has 248 valence electrons. The summed E-state index contributed by atoms with van der Waals surface area (Å²) in [4.78, 5) is 29.9. The fourth-order valence-corrected chi connectivity index (χ4v) is 6.56. The highest BCUT2D eigenvalue weighted by Gasteiger charge is 2.35. The van der Waals surface area contributed by atoms with E-state index in [1.54, 1.807) is 55.6 Å². The molecule has 0 radical (unpaired) electrons. The van der Waals surface area contributed by atoms with Gasteiger partial charge in [-0.1, -0.05) is 60.2 Å². The van der Waals surface area contributed by atoms with Crippen LogP contribution in [0.15, 0.2) is 108 Å². The predicted octanol–water partition coefficient (Wildman–Crippen LogP) is 5.76.